The molecule has 1 aliphatic rings. The summed E-state index contributed by atoms with van der Waals surface area (Å²) in [6, 6.07) is 24.7. The Labute approximate surface area is 201 Å². The zero-order valence-electron chi connectivity index (χ0n) is 19.3. The summed E-state index contributed by atoms with van der Waals surface area (Å²) in [4.78, 5) is 0. The van der Waals surface area contributed by atoms with E-state index in [1.807, 2.05) is 85.8 Å². The summed E-state index contributed by atoms with van der Waals surface area (Å²) in [7, 11) is 1.63. The van der Waals surface area contributed by atoms with Gasteiger partial charge in [-0.2, -0.15) is 13.2 Å². The number of fused-ring (bicyclic) bond motifs is 3. The normalized spacial score (nSPS) is 17.7. The molecule has 4 aromatic carbocycles. The minimum Gasteiger partial charge on any atom is -0.497 e. The fraction of sp³-hybridized carbons (Fsp3) is 0.133. The molecule has 0 spiro atoms. The summed E-state index contributed by atoms with van der Waals surface area (Å²) < 4.78 is 51.7. The third-order valence-corrected chi connectivity index (χ3v) is 6.39. The second-order valence-corrected chi connectivity index (χ2v) is 8.55. The maximum atomic E-state index is 13.2. The van der Waals surface area contributed by atoms with E-state index in [0.717, 1.165) is 45.4 Å². The van der Waals surface area contributed by atoms with E-state index < -0.39 is 17.3 Å². The van der Waals surface area contributed by atoms with Crippen molar-refractivity contribution in [3.05, 3.63) is 119 Å². The predicted molar refractivity (Wildman–Crippen MR) is 133 cm³/mol. The predicted octanol–water partition coefficient (Wildman–Crippen LogP) is 8.27. The van der Waals surface area contributed by atoms with E-state index in [9.17, 15) is 13.2 Å². The van der Waals surface area contributed by atoms with Crippen LogP contribution in [0.5, 0.6) is 11.5 Å². The molecule has 0 aliphatic carbocycles. The largest absolute Gasteiger partial charge is 0.497 e. The van der Waals surface area contributed by atoms with Crippen LogP contribution in [0.4, 0.5) is 13.2 Å². The van der Waals surface area contributed by atoms with Gasteiger partial charge in [-0.25, -0.2) is 0 Å². The summed E-state index contributed by atoms with van der Waals surface area (Å²) in [6.07, 6.45) is 1.51. The third-order valence-electron chi connectivity index (χ3n) is 6.39. The molecule has 0 fully saturated rings. The molecule has 0 N–H and O–H groups in total. The van der Waals surface area contributed by atoms with E-state index >= 15 is 0 Å². The van der Waals surface area contributed by atoms with Crippen LogP contribution in [0, 0.1) is 0 Å². The van der Waals surface area contributed by atoms with E-state index in [1.54, 1.807) is 7.11 Å². The van der Waals surface area contributed by atoms with Crippen molar-refractivity contribution in [1.29, 1.82) is 0 Å². The summed E-state index contributed by atoms with van der Waals surface area (Å²) in [5.41, 5.74) is 1.60. The molecule has 0 aromatic heterocycles. The number of halogens is 3. The molecule has 1 aliphatic heterocycles. The number of alkyl halides is 3. The number of hydrogen-bond donors (Lipinski definition) is 0. The van der Waals surface area contributed by atoms with Gasteiger partial charge in [0.25, 0.3) is 0 Å². The molecule has 0 saturated carbocycles. The van der Waals surface area contributed by atoms with E-state index in [2.05, 4.69) is 0 Å². The Bertz CT molecular complexity index is 1430. The van der Waals surface area contributed by atoms with Gasteiger partial charge in [0, 0.05) is 11.1 Å². The van der Waals surface area contributed by atoms with Crippen LogP contribution in [-0.2, 0) is 11.8 Å². The molecular weight excluding hydrogens is 449 g/mol. The maximum absolute atomic E-state index is 13.2. The first-order valence-electron chi connectivity index (χ1n) is 11.2. The Morgan fingerprint density at radius 2 is 1.66 bits per heavy atom. The number of rotatable bonds is 4. The Hall–Kier alpha value is -3.99. The van der Waals surface area contributed by atoms with Crippen LogP contribution in [0.15, 0.2) is 96.6 Å². The van der Waals surface area contributed by atoms with Gasteiger partial charge in [0.2, 0.25) is 0 Å². The lowest BCUT2D eigenvalue weighted by atomic mass is 9.82. The van der Waals surface area contributed by atoms with Gasteiger partial charge in [0.05, 0.1) is 12.7 Å². The molecule has 0 saturated heterocycles. The van der Waals surface area contributed by atoms with Crippen molar-refractivity contribution in [3.8, 4) is 11.5 Å². The van der Waals surface area contributed by atoms with Crippen LogP contribution in [0.2, 0.25) is 0 Å². The third kappa shape index (κ3) is 4.18. The van der Waals surface area contributed by atoms with Crippen molar-refractivity contribution >= 4 is 22.9 Å². The monoisotopic (exact) mass is 472 g/mol. The molecule has 1 atom stereocenters. The average molecular weight is 473 g/mol. The molecular formula is C30H23F3O2. The van der Waals surface area contributed by atoms with Crippen molar-refractivity contribution in [1.82, 2.24) is 0 Å². The standard InChI is InChI=1S/C30H23F3O2/c1-20(18-21-6-4-3-5-7-21)29(23-9-11-24(12-10-23)30(31,32)33)17-16-27-26-14-13-25(34-2)19-22(26)8-15-28(27)35-29/h3-19H,1-2H3. The van der Waals surface area contributed by atoms with Crippen LogP contribution in [0.25, 0.3) is 22.9 Å². The van der Waals surface area contributed by atoms with Crippen LogP contribution in [0.1, 0.15) is 29.2 Å². The highest BCUT2D eigenvalue weighted by molar-refractivity contribution is 5.94. The summed E-state index contributed by atoms with van der Waals surface area (Å²) >= 11 is 0. The summed E-state index contributed by atoms with van der Waals surface area (Å²) in [5, 5.41) is 2.01. The lowest BCUT2D eigenvalue weighted by Gasteiger charge is -2.37. The summed E-state index contributed by atoms with van der Waals surface area (Å²) in [5.74, 6) is 1.42. The second kappa shape index (κ2) is 8.66. The van der Waals surface area contributed by atoms with Crippen molar-refractivity contribution < 1.29 is 22.6 Å². The Balaban J connectivity index is 1.66. The molecule has 5 heteroatoms. The molecule has 5 rings (SSSR count). The molecule has 1 heterocycles. The van der Waals surface area contributed by atoms with Crippen molar-refractivity contribution in [2.24, 2.45) is 0 Å². The van der Waals surface area contributed by atoms with E-state index in [0.29, 0.717) is 11.3 Å². The molecule has 0 radical (unpaired) electrons. The Morgan fingerprint density at radius 3 is 2.34 bits per heavy atom. The second-order valence-electron chi connectivity index (χ2n) is 8.55. The number of hydrogen-bond acceptors (Lipinski definition) is 2. The number of benzene rings is 4. The first-order chi connectivity index (χ1) is 16.8. The van der Waals surface area contributed by atoms with Gasteiger partial charge < -0.3 is 9.47 Å². The van der Waals surface area contributed by atoms with Gasteiger partial charge in [-0.1, -0.05) is 54.6 Å². The number of methoxy groups -OCH3 is 1. The zero-order chi connectivity index (χ0) is 24.6. The molecule has 4 aromatic rings. The Morgan fingerprint density at radius 1 is 0.914 bits per heavy atom. The first-order valence-corrected chi connectivity index (χ1v) is 11.2. The minimum absolute atomic E-state index is 0.618. The molecule has 2 nitrogen and oxygen atoms in total. The highest BCUT2D eigenvalue weighted by Crippen LogP contribution is 2.45. The van der Waals surface area contributed by atoms with Crippen molar-refractivity contribution in [2.75, 3.05) is 7.11 Å². The maximum Gasteiger partial charge on any atom is 0.416 e. The van der Waals surface area contributed by atoms with Gasteiger partial charge in [-0.15, -0.1) is 0 Å². The van der Waals surface area contributed by atoms with Gasteiger partial charge in [-0.3, -0.25) is 0 Å². The van der Waals surface area contributed by atoms with Gasteiger partial charge in [0.15, 0.2) is 5.60 Å². The van der Waals surface area contributed by atoms with Crippen LogP contribution in [-0.4, -0.2) is 7.11 Å². The lowest BCUT2D eigenvalue weighted by Crippen LogP contribution is -2.34. The molecule has 176 valence electrons. The quantitative estimate of drug-likeness (QED) is 0.298. The minimum atomic E-state index is -4.41. The average Bonchev–Trinajstić information content (AvgIpc) is 2.88. The summed E-state index contributed by atoms with van der Waals surface area (Å²) in [6.45, 7) is 1.94. The zero-order valence-corrected chi connectivity index (χ0v) is 19.3. The molecule has 1 unspecified atom stereocenters. The fourth-order valence-electron chi connectivity index (χ4n) is 4.52. The van der Waals surface area contributed by atoms with Crippen molar-refractivity contribution in [2.45, 2.75) is 18.7 Å². The van der Waals surface area contributed by atoms with E-state index in [1.165, 1.54) is 12.1 Å². The fourth-order valence-corrected chi connectivity index (χ4v) is 4.52. The SMILES string of the molecule is COc1ccc2c3c(ccc2c1)OC(C(C)=Cc1ccccc1)(c1ccc(C(F)(F)F)cc1)C=C3. The number of ether oxygens (including phenoxy) is 2. The smallest absolute Gasteiger partial charge is 0.416 e. The first kappa shape index (κ1) is 22.8. The Kier molecular flexibility index (Phi) is 5.64. The van der Waals surface area contributed by atoms with Crippen molar-refractivity contribution in [3.63, 3.8) is 0 Å². The van der Waals surface area contributed by atoms with E-state index in [4.69, 9.17) is 9.47 Å². The van der Waals surface area contributed by atoms with Gasteiger partial charge >= 0.3 is 6.18 Å². The van der Waals surface area contributed by atoms with E-state index in [-0.39, 0.29) is 0 Å². The van der Waals surface area contributed by atoms with Crippen LogP contribution >= 0.6 is 0 Å². The highest BCUT2D eigenvalue weighted by Gasteiger charge is 2.38. The highest BCUT2D eigenvalue weighted by atomic mass is 19.4. The van der Waals surface area contributed by atoms with Gasteiger partial charge in [0.1, 0.15) is 11.5 Å². The molecule has 0 amide bonds. The lowest BCUT2D eigenvalue weighted by molar-refractivity contribution is -0.137. The van der Waals surface area contributed by atoms with Crippen LogP contribution < -0.4 is 9.47 Å². The van der Waals surface area contributed by atoms with Gasteiger partial charge in [-0.05, 0) is 77.4 Å². The molecule has 35 heavy (non-hydrogen) atoms. The topological polar surface area (TPSA) is 18.5 Å². The molecule has 0 bridgehead atoms. The van der Waals surface area contributed by atoms with Crippen LogP contribution in [0.3, 0.4) is 0 Å².